The van der Waals surface area contributed by atoms with Crippen LogP contribution in [0.15, 0.2) is 0 Å². The van der Waals surface area contributed by atoms with Crippen LogP contribution >= 0.6 is 0 Å². The summed E-state index contributed by atoms with van der Waals surface area (Å²) in [6, 6.07) is 0.168. The Morgan fingerprint density at radius 2 is 2.13 bits per heavy atom. The fraction of sp³-hybridized carbons (Fsp3) is 0.909. The van der Waals surface area contributed by atoms with Crippen molar-refractivity contribution >= 4 is 5.91 Å². The molecule has 0 bridgehead atoms. The molecule has 0 radical (unpaired) electrons. The normalized spacial score (nSPS) is 23.9. The highest BCUT2D eigenvalue weighted by Gasteiger charge is 2.23. The van der Waals surface area contributed by atoms with Gasteiger partial charge in [0.2, 0.25) is 5.91 Å². The lowest BCUT2D eigenvalue weighted by Gasteiger charge is -2.25. The summed E-state index contributed by atoms with van der Waals surface area (Å²) in [5.41, 5.74) is -0.167. The topological polar surface area (TPSA) is 50.4 Å². The Bertz CT molecular complexity index is 217. The molecule has 0 aromatic carbocycles. The Kier molecular flexibility index (Phi) is 4.11. The predicted molar refractivity (Wildman–Crippen MR) is 59.7 cm³/mol. The van der Waals surface area contributed by atoms with Crippen molar-refractivity contribution in [3.8, 4) is 0 Å². The Labute approximate surface area is 91.8 Å². The van der Waals surface area contributed by atoms with Gasteiger partial charge < -0.3 is 15.4 Å². The fourth-order valence-corrected chi connectivity index (χ4v) is 1.57. The van der Waals surface area contributed by atoms with Crippen LogP contribution in [0.4, 0.5) is 0 Å². The van der Waals surface area contributed by atoms with Crippen LogP contribution in [0, 0.1) is 0 Å². The molecule has 0 saturated carbocycles. The van der Waals surface area contributed by atoms with E-state index in [1.54, 1.807) is 0 Å². The molecule has 2 atom stereocenters. The van der Waals surface area contributed by atoms with E-state index in [1.165, 1.54) is 0 Å². The molecule has 4 nitrogen and oxygen atoms in total. The quantitative estimate of drug-likeness (QED) is 0.726. The van der Waals surface area contributed by atoms with Gasteiger partial charge in [-0.15, -0.1) is 0 Å². The summed E-state index contributed by atoms with van der Waals surface area (Å²) < 4.78 is 5.24. The summed E-state index contributed by atoms with van der Waals surface area (Å²) in [6.07, 6.45) is 0.993. The van der Waals surface area contributed by atoms with Crippen LogP contribution in [0.1, 0.15) is 34.1 Å². The Morgan fingerprint density at radius 1 is 1.47 bits per heavy atom. The molecule has 0 aromatic rings. The average Bonchev–Trinajstić information content (AvgIpc) is 2.53. The number of hydrogen-bond acceptors (Lipinski definition) is 3. The number of rotatable bonds is 3. The molecule has 0 aliphatic carbocycles. The van der Waals surface area contributed by atoms with Gasteiger partial charge in [-0.1, -0.05) is 0 Å². The summed E-state index contributed by atoms with van der Waals surface area (Å²) >= 11 is 0. The Balaban J connectivity index is 2.32. The molecule has 4 heteroatoms. The molecule has 1 saturated heterocycles. The van der Waals surface area contributed by atoms with Crippen LogP contribution in [0.2, 0.25) is 0 Å². The maximum atomic E-state index is 11.7. The summed E-state index contributed by atoms with van der Waals surface area (Å²) in [4.78, 5) is 11.7. The van der Waals surface area contributed by atoms with E-state index in [2.05, 4.69) is 10.6 Å². The maximum absolute atomic E-state index is 11.7. The van der Waals surface area contributed by atoms with Crippen LogP contribution in [0.5, 0.6) is 0 Å². The van der Waals surface area contributed by atoms with Gasteiger partial charge in [0.15, 0.2) is 0 Å². The summed E-state index contributed by atoms with van der Waals surface area (Å²) in [5.74, 6) is 0.0504. The largest absolute Gasteiger partial charge is 0.380 e. The van der Waals surface area contributed by atoms with Crippen molar-refractivity contribution in [2.75, 3.05) is 13.2 Å². The molecule has 2 unspecified atom stereocenters. The zero-order chi connectivity index (χ0) is 11.5. The molecule has 1 aliphatic rings. The summed E-state index contributed by atoms with van der Waals surface area (Å²) in [6.45, 7) is 9.35. The minimum atomic E-state index is -0.167. The third-order valence-electron chi connectivity index (χ3n) is 2.31. The third-order valence-corrected chi connectivity index (χ3v) is 2.31. The first-order chi connectivity index (χ1) is 6.88. The first-order valence-corrected chi connectivity index (χ1v) is 5.54. The van der Waals surface area contributed by atoms with Crippen LogP contribution < -0.4 is 10.6 Å². The number of hydrogen-bond donors (Lipinski definition) is 2. The maximum Gasteiger partial charge on any atom is 0.237 e. The van der Waals surface area contributed by atoms with Gasteiger partial charge in [0.05, 0.1) is 12.6 Å². The first-order valence-electron chi connectivity index (χ1n) is 5.54. The van der Waals surface area contributed by atoms with Gasteiger partial charge in [0.1, 0.15) is 0 Å². The number of nitrogens with one attached hydrogen (secondary N) is 2. The van der Waals surface area contributed by atoms with Gasteiger partial charge in [-0.05, 0) is 34.1 Å². The van der Waals surface area contributed by atoms with Gasteiger partial charge in [0, 0.05) is 18.2 Å². The standard InChI is InChI=1S/C11H22N2O2/c1-8(10(14)13-11(2,3)4)12-9-5-6-15-7-9/h8-9,12H,5-7H2,1-4H3,(H,13,14). The molecule has 88 valence electrons. The van der Waals surface area contributed by atoms with Crippen molar-refractivity contribution in [3.63, 3.8) is 0 Å². The number of ether oxygens (including phenoxy) is 1. The Hall–Kier alpha value is -0.610. The minimum Gasteiger partial charge on any atom is -0.380 e. The molecule has 2 N–H and O–H groups in total. The SMILES string of the molecule is CC(NC1CCOC1)C(=O)NC(C)(C)C. The second-order valence-electron chi connectivity index (χ2n) is 5.19. The van der Waals surface area contributed by atoms with Crippen molar-refractivity contribution < 1.29 is 9.53 Å². The first kappa shape index (κ1) is 12.5. The third kappa shape index (κ3) is 4.62. The highest BCUT2D eigenvalue weighted by Crippen LogP contribution is 2.05. The molecule has 1 rings (SSSR count). The van der Waals surface area contributed by atoms with Crippen LogP contribution in [0.3, 0.4) is 0 Å². The van der Waals surface area contributed by atoms with E-state index in [0.717, 1.165) is 13.0 Å². The van der Waals surface area contributed by atoms with E-state index in [9.17, 15) is 4.79 Å². The smallest absolute Gasteiger partial charge is 0.237 e. The predicted octanol–water partition coefficient (Wildman–Crippen LogP) is 0.668. The number of carbonyl (C=O) groups is 1. The highest BCUT2D eigenvalue weighted by molar-refractivity contribution is 5.81. The number of carbonyl (C=O) groups excluding carboxylic acids is 1. The van der Waals surface area contributed by atoms with Crippen molar-refractivity contribution in [2.45, 2.75) is 51.7 Å². The van der Waals surface area contributed by atoms with E-state index in [4.69, 9.17) is 4.74 Å². The van der Waals surface area contributed by atoms with E-state index >= 15 is 0 Å². The second-order valence-corrected chi connectivity index (χ2v) is 5.19. The average molecular weight is 214 g/mol. The minimum absolute atomic E-state index is 0.0504. The van der Waals surface area contributed by atoms with Crippen LogP contribution in [-0.2, 0) is 9.53 Å². The molecule has 1 fully saturated rings. The van der Waals surface area contributed by atoms with E-state index < -0.39 is 0 Å². The highest BCUT2D eigenvalue weighted by atomic mass is 16.5. The van der Waals surface area contributed by atoms with Gasteiger partial charge in [-0.2, -0.15) is 0 Å². The van der Waals surface area contributed by atoms with E-state index in [0.29, 0.717) is 12.6 Å². The zero-order valence-corrected chi connectivity index (χ0v) is 10.1. The second kappa shape index (κ2) is 4.94. The van der Waals surface area contributed by atoms with Crippen molar-refractivity contribution in [3.05, 3.63) is 0 Å². The number of amides is 1. The lowest BCUT2D eigenvalue weighted by atomic mass is 10.1. The van der Waals surface area contributed by atoms with Crippen LogP contribution in [0.25, 0.3) is 0 Å². The summed E-state index contributed by atoms with van der Waals surface area (Å²) in [7, 11) is 0. The molecular formula is C11H22N2O2. The van der Waals surface area contributed by atoms with Crippen LogP contribution in [-0.4, -0.2) is 36.7 Å². The molecule has 0 spiro atoms. The van der Waals surface area contributed by atoms with Crippen molar-refractivity contribution in [1.82, 2.24) is 10.6 Å². The molecule has 15 heavy (non-hydrogen) atoms. The van der Waals surface area contributed by atoms with Crippen molar-refractivity contribution in [1.29, 1.82) is 0 Å². The van der Waals surface area contributed by atoms with E-state index in [-0.39, 0.29) is 17.5 Å². The molecular weight excluding hydrogens is 192 g/mol. The zero-order valence-electron chi connectivity index (χ0n) is 10.1. The molecule has 1 aliphatic heterocycles. The summed E-state index contributed by atoms with van der Waals surface area (Å²) in [5, 5.41) is 6.21. The lowest BCUT2D eigenvalue weighted by Crippen LogP contribution is -2.51. The van der Waals surface area contributed by atoms with Gasteiger partial charge in [-0.25, -0.2) is 0 Å². The van der Waals surface area contributed by atoms with Crippen molar-refractivity contribution in [2.24, 2.45) is 0 Å². The lowest BCUT2D eigenvalue weighted by molar-refractivity contribution is -0.124. The van der Waals surface area contributed by atoms with Gasteiger partial charge >= 0.3 is 0 Å². The monoisotopic (exact) mass is 214 g/mol. The van der Waals surface area contributed by atoms with E-state index in [1.807, 2.05) is 27.7 Å². The Morgan fingerprint density at radius 3 is 2.60 bits per heavy atom. The van der Waals surface area contributed by atoms with Gasteiger partial charge in [-0.3, -0.25) is 4.79 Å². The molecule has 1 amide bonds. The molecule has 1 heterocycles. The molecule has 0 aromatic heterocycles. The fourth-order valence-electron chi connectivity index (χ4n) is 1.57. The van der Waals surface area contributed by atoms with Gasteiger partial charge in [0.25, 0.3) is 0 Å².